The van der Waals surface area contributed by atoms with Gasteiger partial charge < -0.3 is 15.7 Å². The highest BCUT2D eigenvalue weighted by atomic mass is 19.1. The third-order valence-corrected chi connectivity index (χ3v) is 3.12. The number of benzene rings is 2. The van der Waals surface area contributed by atoms with Crippen molar-refractivity contribution in [1.82, 2.24) is 10.6 Å². The van der Waals surface area contributed by atoms with E-state index < -0.39 is 0 Å². The Morgan fingerprint density at radius 2 is 1.82 bits per heavy atom. The third kappa shape index (κ3) is 5.54. The Bertz CT molecular complexity index is 632. The van der Waals surface area contributed by atoms with Gasteiger partial charge >= 0.3 is 0 Å². The van der Waals surface area contributed by atoms with Gasteiger partial charge in [0.25, 0.3) is 0 Å². The van der Waals surface area contributed by atoms with E-state index in [2.05, 4.69) is 10.6 Å². The molecule has 0 aliphatic rings. The Kier molecular flexibility index (Phi) is 5.91. The highest BCUT2D eigenvalue weighted by molar-refractivity contribution is 5.78. The molecule has 2 rings (SSSR count). The van der Waals surface area contributed by atoms with Crippen LogP contribution in [-0.2, 0) is 17.8 Å². The number of halogens is 1. The number of amides is 1. The number of nitrogens with one attached hydrogen (secondary N) is 2. The number of hydrogen-bond donors (Lipinski definition) is 3. The summed E-state index contributed by atoms with van der Waals surface area (Å²) in [5.41, 5.74) is 1.64. The summed E-state index contributed by atoms with van der Waals surface area (Å²) < 4.78 is 13.0. The maximum absolute atomic E-state index is 13.0. The third-order valence-electron chi connectivity index (χ3n) is 3.12. The lowest BCUT2D eigenvalue weighted by molar-refractivity contribution is -0.120. The first-order valence-electron chi connectivity index (χ1n) is 7.13. The molecule has 0 bridgehead atoms. The second-order valence-corrected chi connectivity index (χ2v) is 5.00. The van der Waals surface area contributed by atoms with Gasteiger partial charge in [0.2, 0.25) is 5.91 Å². The van der Waals surface area contributed by atoms with E-state index in [1.54, 1.807) is 30.3 Å². The minimum absolute atomic E-state index is 0.134. The first kappa shape index (κ1) is 16.0. The number of carbonyl (C=O) groups is 1. The normalized spacial score (nSPS) is 10.4. The van der Waals surface area contributed by atoms with Crippen LogP contribution in [0, 0.1) is 5.82 Å². The molecule has 0 unspecified atom stereocenters. The maximum atomic E-state index is 13.0. The second kappa shape index (κ2) is 8.14. The lowest BCUT2D eigenvalue weighted by Crippen LogP contribution is -2.32. The molecule has 4 nitrogen and oxygen atoms in total. The van der Waals surface area contributed by atoms with E-state index in [9.17, 15) is 14.3 Å². The van der Waals surface area contributed by atoms with Crippen molar-refractivity contribution in [3.63, 3.8) is 0 Å². The monoisotopic (exact) mass is 302 g/mol. The zero-order valence-corrected chi connectivity index (χ0v) is 12.2. The Hall–Kier alpha value is -2.40. The molecule has 0 atom stereocenters. The van der Waals surface area contributed by atoms with Gasteiger partial charge in [-0.15, -0.1) is 0 Å². The number of phenols is 1. The van der Waals surface area contributed by atoms with E-state index >= 15 is 0 Å². The average molecular weight is 302 g/mol. The van der Waals surface area contributed by atoms with Crippen molar-refractivity contribution < 1.29 is 14.3 Å². The molecule has 0 saturated heterocycles. The molecule has 0 aromatic heterocycles. The molecule has 116 valence electrons. The minimum Gasteiger partial charge on any atom is -0.508 e. The molecule has 0 aliphatic heterocycles. The van der Waals surface area contributed by atoms with E-state index in [0.29, 0.717) is 25.2 Å². The van der Waals surface area contributed by atoms with Gasteiger partial charge in [0.1, 0.15) is 11.6 Å². The Balaban J connectivity index is 1.63. The lowest BCUT2D eigenvalue weighted by Gasteiger charge is -2.07. The van der Waals surface area contributed by atoms with E-state index in [0.717, 1.165) is 5.56 Å². The molecule has 2 aromatic rings. The number of phenolic OH excluding ortho intramolecular Hbond substituents is 1. The molecule has 0 heterocycles. The molecule has 3 N–H and O–H groups in total. The molecule has 0 aliphatic carbocycles. The summed E-state index contributed by atoms with van der Waals surface area (Å²) in [5.74, 6) is -0.231. The number of rotatable bonds is 7. The largest absolute Gasteiger partial charge is 0.508 e. The minimum atomic E-state index is -0.335. The fourth-order valence-corrected chi connectivity index (χ4v) is 2.08. The summed E-state index contributed by atoms with van der Waals surface area (Å²) in [4.78, 5) is 11.7. The van der Waals surface area contributed by atoms with Gasteiger partial charge in [0, 0.05) is 19.6 Å². The topological polar surface area (TPSA) is 61.4 Å². The van der Waals surface area contributed by atoms with Crippen LogP contribution in [0.3, 0.4) is 0 Å². The van der Waals surface area contributed by atoms with Crippen LogP contribution >= 0.6 is 0 Å². The summed E-state index contributed by atoms with van der Waals surface area (Å²) in [6.07, 6.45) is 0.171. The van der Waals surface area contributed by atoms with Crippen molar-refractivity contribution in [2.24, 2.45) is 0 Å². The van der Waals surface area contributed by atoms with Gasteiger partial charge in [-0.2, -0.15) is 0 Å². The van der Waals surface area contributed by atoms with Gasteiger partial charge in [0.15, 0.2) is 0 Å². The van der Waals surface area contributed by atoms with Crippen LogP contribution in [-0.4, -0.2) is 24.1 Å². The molecular formula is C17H19FN2O2. The molecule has 0 spiro atoms. The van der Waals surface area contributed by atoms with Crippen LogP contribution in [0.15, 0.2) is 48.5 Å². The molecule has 22 heavy (non-hydrogen) atoms. The molecule has 0 radical (unpaired) electrons. The van der Waals surface area contributed by atoms with Crippen LogP contribution in [0.4, 0.5) is 4.39 Å². The summed E-state index contributed by atoms with van der Waals surface area (Å²) >= 11 is 0. The van der Waals surface area contributed by atoms with Gasteiger partial charge in [-0.05, 0) is 35.4 Å². The van der Waals surface area contributed by atoms with Crippen LogP contribution < -0.4 is 10.6 Å². The van der Waals surface area contributed by atoms with Crippen molar-refractivity contribution in [1.29, 1.82) is 0 Å². The van der Waals surface area contributed by atoms with Crippen molar-refractivity contribution in [2.45, 2.75) is 13.0 Å². The van der Waals surface area contributed by atoms with Gasteiger partial charge in [-0.25, -0.2) is 4.39 Å². The second-order valence-electron chi connectivity index (χ2n) is 5.00. The van der Waals surface area contributed by atoms with Gasteiger partial charge in [-0.3, -0.25) is 4.79 Å². The number of carbonyl (C=O) groups excluding carboxylic acids is 1. The van der Waals surface area contributed by atoms with E-state index in [1.165, 1.54) is 12.1 Å². The Morgan fingerprint density at radius 1 is 1.05 bits per heavy atom. The summed E-state index contributed by atoms with van der Waals surface area (Å²) in [7, 11) is 0. The first-order chi connectivity index (χ1) is 10.6. The molecular weight excluding hydrogens is 283 g/mol. The predicted molar refractivity (Wildman–Crippen MR) is 82.9 cm³/mol. The van der Waals surface area contributed by atoms with Crippen molar-refractivity contribution in [2.75, 3.05) is 13.1 Å². The van der Waals surface area contributed by atoms with Crippen molar-refractivity contribution in [3.05, 3.63) is 65.5 Å². The zero-order chi connectivity index (χ0) is 15.8. The fraction of sp³-hybridized carbons (Fsp3) is 0.235. The highest BCUT2D eigenvalue weighted by Crippen LogP contribution is 2.10. The van der Waals surface area contributed by atoms with Crippen LogP contribution in [0.5, 0.6) is 5.75 Å². The number of aromatic hydroxyl groups is 1. The predicted octanol–water partition coefficient (Wildman–Crippen LogP) is 1.98. The van der Waals surface area contributed by atoms with Crippen molar-refractivity contribution in [3.8, 4) is 5.75 Å². The maximum Gasteiger partial charge on any atom is 0.224 e. The zero-order valence-electron chi connectivity index (χ0n) is 12.2. The fourth-order valence-electron chi connectivity index (χ4n) is 2.08. The Labute approximate surface area is 129 Å². The number of hydrogen-bond acceptors (Lipinski definition) is 3. The molecule has 1 amide bonds. The standard InChI is InChI=1S/C17H19FN2O2/c18-15-5-1-3-13(9-15)11-17(22)20-8-7-19-12-14-4-2-6-16(21)10-14/h1-6,9-10,19,21H,7-8,11-12H2,(H,20,22). The van der Waals surface area contributed by atoms with Crippen molar-refractivity contribution >= 4 is 5.91 Å². The van der Waals surface area contributed by atoms with Crippen LogP contribution in [0.2, 0.25) is 0 Å². The Morgan fingerprint density at radius 3 is 2.59 bits per heavy atom. The van der Waals surface area contributed by atoms with Gasteiger partial charge in [-0.1, -0.05) is 24.3 Å². The highest BCUT2D eigenvalue weighted by Gasteiger charge is 2.03. The first-order valence-corrected chi connectivity index (χ1v) is 7.13. The van der Waals surface area contributed by atoms with Crippen LogP contribution in [0.1, 0.15) is 11.1 Å². The van der Waals surface area contributed by atoms with E-state index in [1.807, 2.05) is 6.07 Å². The average Bonchev–Trinajstić information content (AvgIpc) is 2.47. The van der Waals surface area contributed by atoms with E-state index in [-0.39, 0.29) is 23.9 Å². The van der Waals surface area contributed by atoms with Gasteiger partial charge in [0.05, 0.1) is 6.42 Å². The van der Waals surface area contributed by atoms with Crippen LogP contribution in [0.25, 0.3) is 0 Å². The van der Waals surface area contributed by atoms with E-state index in [4.69, 9.17) is 0 Å². The summed E-state index contributed by atoms with van der Waals surface area (Å²) in [5, 5.41) is 15.3. The SMILES string of the molecule is O=C(Cc1cccc(F)c1)NCCNCc1cccc(O)c1. The smallest absolute Gasteiger partial charge is 0.224 e. The molecule has 0 saturated carbocycles. The molecule has 5 heteroatoms. The quantitative estimate of drug-likeness (QED) is 0.685. The molecule has 2 aromatic carbocycles. The summed E-state index contributed by atoms with van der Waals surface area (Å²) in [6.45, 7) is 1.73. The summed E-state index contributed by atoms with van der Waals surface area (Å²) in [6, 6.07) is 13.0. The molecule has 0 fully saturated rings. The lowest BCUT2D eigenvalue weighted by atomic mass is 10.1.